The molecule has 0 saturated heterocycles. The van der Waals surface area contributed by atoms with Crippen molar-refractivity contribution < 1.29 is 0 Å². The van der Waals surface area contributed by atoms with Gasteiger partial charge >= 0.3 is 0 Å². The van der Waals surface area contributed by atoms with E-state index in [1.165, 1.54) is 51.4 Å². The van der Waals surface area contributed by atoms with Gasteiger partial charge in [0, 0.05) is 0 Å². The predicted molar refractivity (Wildman–Crippen MR) is 71.2 cm³/mol. The molecule has 0 spiro atoms. The molecule has 0 heterocycles. The Morgan fingerprint density at radius 3 is 1.93 bits per heavy atom. The fourth-order valence-electron chi connectivity index (χ4n) is 1.54. The largest absolute Gasteiger partial charge is 0.0882 e. The Labute approximate surface area is 96.5 Å². The van der Waals surface area contributed by atoms with E-state index in [0.717, 1.165) is 6.42 Å². The average molecular weight is 208 g/mol. The standard InChI is InChI=1S/C15H28/c1-3-5-7-9-11-13-15-14-12-10-8-6-4-2/h7,9,13,15H,3-6,8,10-12,14H2,1-2H3/b9-7-,15-13-. The highest BCUT2D eigenvalue weighted by Crippen LogP contribution is 2.05. The highest BCUT2D eigenvalue weighted by Gasteiger charge is 1.85. The lowest BCUT2D eigenvalue weighted by molar-refractivity contribution is 0.637. The summed E-state index contributed by atoms with van der Waals surface area (Å²) in [5.74, 6) is 0. The molecule has 88 valence electrons. The molecule has 0 aromatic heterocycles. The van der Waals surface area contributed by atoms with Crippen molar-refractivity contribution in [1.29, 1.82) is 0 Å². The lowest BCUT2D eigenvalue weighted by atomic mass is 10.1. The maximum Gasteiger partial charge on any atom is -0.0169 e. The van der Waals surface area contributed by atoms with Crippen LogP contribution in [0.2, 0.25) is 0 Å². The van der Waals surface area contributed by atoms with Gasteiger partial charge in [0.2, 0.25) is 0 Å². The minimum atomic E-state index is 1.12. The van der Waals surface area contributed by atoms with E-state index >= 15 is 0 Å². The van der Waals surface area contributed by atoms with Crippen LogP contribution >= 0.6 is 0 Å². The van der Waals surface area contributed by atoms with E-state index in [4.69, 9.17) is 0 Å². The second kappa shape index (κ2) is 13.5. The first kappa shape index (κ1) is 14.5. The summed E-state index contributed by atoms with van der Waals surface area (Å²) in [4.78, 5) is 0. The molecule has 0 aromatic carbocycles. The number of hydrogen-bond donors (Lipinski definition) is 0. The van der Waals surface area contributed by atoms with E-state index in [-0.39, 0.29) is 0 Å². The normalized spacial score (nSPS) is 11.9. The monoisotopic (exact) mass is 208 g/mol. The predicted octanol–water partition coefficient (Wildman–Crippen LogP) is 5.65. The molecule has 15 heavy (non-hydrogen) atoms. The maximum absolute atomic E-state index is 2.34. The van der Waals surface area contributed by atoms with Crippen molar-refractivity contribution in [2.24, 2.45) is 0 Å². The fourth-order valence-corrected chi connectivity index (χ4v) is 1.54. The van der Waals surface area contributed by atoms with E-state index < -0.39 is 0 Å². The van der Waals surface area contributed by atoms with E-state index in [1.807, 2.05) is 0 Å². The molecule has 0 nitrogen and oxygen atoms in total. The summed E-state index contributed by atoms with van der Waals surface area (Å²) in [6, 6.07) is 0. The molecule has 0 radical (unpaired) electrons. The van der Waals surface area contributed by atoms with Crippen molar-refractivity contribution in [2.45, 2.75) is 71.6 Å². The second-order valence-electron chi connectivity index (χ2n) is 4.17. The number of unbranched alkanes of at least 4 members (excludes halogenated alkanes) is 6. The molecular weight excluding hydrogens is 180 g/mol. The van der Waals surface area contributed by atoms with E-state index in [0.29, 0.717) is 0 Å². The molecule has 0 N–H and O–H groups in total. The Kier molecular flexibility index (Phi) is 13.0. The molecule has 0 aromatic rings. The summed E-state index contributed by atoms with van der Waals surface area (Å²) in [5, 5.41) is 0. The summed E-state index contributed by atoms with van der Waals surface area (Å²) >= 11 is 0. The Morgan fingerprint density at radius 2 is 1.27 bits per heavy atom. The van der Waals surface area contributed by atoms with Crippen LogP contribution in [0.15, 0.2) is 24.3 Å². The first-order valence-corrected chi connectivity index (χ1v) is 6.71. The lowest BCUT2D eigenvalue weighted by Crippen LogP contribution is -1.75. The smallest absolute Gasteiger partial charge is 0.0169 e. The molecule has 0 atom stereocenters. The third kappa shape index (κ3) is 13.5. The van der Waals surface area contributed by atoms with Gasteiger partial charge in [0.15, 0.2) is 0 Å². The summed E-state index contributed by atoms with van der Waals surface area (Å²) in [5.41, 5.74) is 0. The zero-order valence-corrected chi connectivity index (χ0v) is 10.7. The van der Waals surface area contributed by atoms with Gasteiger partial charge in [-0.25, -0.2) is 0 Å². The zero-order valence-electron chi connectivity index (χ0n) is 10.7. The topological polar surface area (TPSA) is 0 Å². The van der Waals surface area contributed by atoms with Gasteiger partial charge in [-0.1, -0.05) is 70.3 Å². The molecule has 0 saturated carbocycles. The maximum atomic E-state index is 2.34. The summed E-state index contributed by atoms with van der Waals surface area (Å²) < 4.78 is 0. The van der Waals surface area contributed by atoms with Gasteiger partial charge in [-0.05, 0) is 25.7 Å². The molecule has 0 heteroatoms. The van der Waals surface area contributed by atoms with Gasteiger partial charge in [-0.2, -0.15) is 0 Å². The van der Waals surface area contributed by atoms with E-state index in [9.17, 15) is 0 Å². The molecule has 0 aliphatic carbocycles. The van der Waals surface area contributed by atoms with Crippen LogP contribution in [-0.2, 0) is 0 Å². The van der Waals surface area contributed by atoms with Gasteiger partial charge in [-0.3, -0.25) is 0 Å². The Morgan fingerprint density at radius 1 is 0.600 bits per heavy atom. The van der Waals surface area contributed by atoms with Crippen LogP contribution in [0.4, 0.5) is 0 Å². The summed E-state index contributed by atoms with van der Waals surface area (Å²) in [6.07, 6.45) is 21.0. The van der Waals surface area contributed by atoms with Crippen LogP contribution in [0.3, 0.4) is 0 Å². The molecule has 0 bridgehead atoms. The van der Waals surface area contributed by atoms with Crippen LogP contribution < -0.4 is 0 Å². The van der Waals surface area contributed by atoms with Gasteiger partial charge < -0.3 is 0 Å². The van der Waals surface area contributed by atoms with Crippen molar-refractivity contribution in [1.82, 2.24) is 0 Å². The highest BCUT2D eigenvalue weighted by molar-refractivity contribution is 4.92. The molecular formula is C15H28. The van der Waals surface area contributed by atoms with Crippen molar-refractivity contribution >= 4 is 0 Å². The number of allylic oxidation sites excluding steroid dienone is 4. The molecule has 0 rings (SSSR count). The Balaban J connectivity index is 3.10. The molecule has 0 unspecified atom stereocenters. The molecule has 0 fully saturated rings. The number of rotatable bonds is 10. The minimum absolute atomic E-state index is 1.12. The highest BCUT2D eigenvalue weighted by atomic mass is 13.9. The van der Waals surface area contributed by atoms with Crippen molar-refractivity contribution in [3.05, 3.63) is 24.3 Å². The van der Waals surface area contributed by atoms with Crippen molar-refractivity contribution in [3.63, 3.8) is 0 Å². The summed E-state index contributed by atoms with van der Waals surface area (Å²) in [7, 11) is 0. The molecule has 0 aliphatic heterocycles. The van der Waals surface area contributed by atoms with Crippen LogP contribution in [-0.4, -0.2) is 0 Å². The van der Waals surface area contributed by atoms with Gasteiger partial charge in [0.05, 0.1) is 0 Å². The lowest BCUT2D eigenvalue weighted by Gasteiger charge is -1.95. The van der Waals surface area contributed by atoms with Gasteiger partial charge in [0.1, 0.15) is 0 Å². The Bertz CT molecular complexity index is 153. The summed E-state index contributed by atoms with van der Waals surface area (Å²) in [6.45, 7) is 4.49. The minimum Gasteiger partial charge on any atom is -0.0882 e. The van der Waals surface area contributed by atoms with Crippen molar-refractivity contribution in [3.8, 4) is 0 Å². The van der Waals surface area contributed by atoms with Crippen LogP contribution in [0.1, 0.15) is 71.6 Å². The van der Waals surface area contributed by atoms with Gasteiger partial charge in [0.25, 0.3) is 0 Å². The zero-order chi connectivity index (χ0) is 11.2. The van der Waals surface area contributed by atoms with Crippen molar-refractivity contribution in [2.75, 3.05) is 0 Å². The first-order valence-electron chi connectivity index (χ1n) is 6.71. The first-order chi connectivity index (χ1) is 7.41. The third-order valence-corrected chi connectivity index (χ3v) is 2.54. The van der Waals surface area contributed by atoms with Gasteiger partial charge in [-0.15, -0.1) is 0 Å². The van der Waals surface area contributed by atoms with E-state index in [2.05, 4.69) is 38.2 Å². The quantitative estimate of drug-likeness (QED) is 0.321. The second-order valence-corrected chi connectivity index (χ2v) is 4.17. The number of hydrogen-bond acceptors (Lipinski definition) is 0. The van der Waals surface area contributed by atoms with Crippen LogP contribution in [0.25, 0.3) is 0 Å². The molecule has 0 amide bonds. The third-order valence-electron chi connectivity index (χ3n) is 2.54. The average Bonchev–Trinajstić information content (AvgIpc) is 2.26. The molecule has 0 aliphatic rings. The van der Waals surface area contributed by atoms with Crippen LogP contribution in [0, 0.1) is 0 Å². The SMILES string of the molecule is CCC/C=C\C/C=C\CCCCCCC. The Hall–Kier alpha value is -0.520. The van der Waals surface area contributed by atoms with E-state index in [1.54, 1.807) is 0 Å². The van der Waals surface area contributed by atoms with Crippen LogP contribution in [0.5, 0.6) is 0 Å². The fraction of sp³-hybridized carbons (Fsp3) is 0.733.